The Morgan fingerprint density at radius 2 is 1.94 bits per heavy atom. The molecule has 0 spiro atoms. The number of benzene rings is 2. The molecule has 6 nitrogen and oxygen atoms in total. The molecule has 156 valence electrons. The van der Waals surface area contributed by atoms with Crippen LogP contribution in [0.25, 0.3) is 21.5 Å². The Balaban J connectivity index is 1.38. The first-order chi connectivity index (χ1) is 15.1. The molecule has 0 unspecified atom stereocenters. The number of para-hydroxylation sites is 1. The minimum atomic E-state index is -0.336. The van der Waals surface area contributed by atoms with Crippen molar-refractivity contribution >= 4 is 28.2 Å². The molecule has 5 rings (SSSR count). The van der Waals surface area contributed by atoms with Crippen molar-refractivity contribution in [3.63, 3.8) is 0 Å². The first-order valence-electron chi connectivity index (χ1n) is 10.0. The van der Waals surface area contributed by atoms with Gasteiger partial charge < -0.3 is 9.32 Å². The first kappa shape index (κ1) is 19.6. The van der Waals surface area contributed by atoms with Crippen molar-refractivity contribution in [3.05, 3.63) is 81.4 Å². The molecule has 0 aliphatic carbocycles. The summed E-state index contributed by atoms with van der Waals surface area (Å²) in [4.78, 5) is 27.1. The average Bonchev–Trinajstić information content (AvgIpc) is 3.29. The van der Waals surface area contributed by atoms with E-state index in [1.165, 1.54) is 23.5 Å². The molecule has 1 aliphatic rings. The number of piperidine rings is 1. The zero-order chi connectivity index (χ0) is 21.4. The molecule has 2 aromatic heterocycles. The number of carbonyl (C=O) groups is 1. The Morgan fingerprint density at radius 3 is 2.81 bits per heavy atom. The van der Waals surface area contributed by atoms with Crippen LogP contribution in [0.5, 0.6) is 0 Å². The summed E-state index contributed by atoms with van der Waals surface area (Å²) in [7, 11) is 0. The van der Waals surface area contributed by atoms with Gasteiger partial charge >= 0.3 is 0 Å². The Kier molecular flexibility index (Phi) is 5.07. The van der Waals surface area contributed by atoms with E-state index in [4.69, 9.17) is 4.42 Å². The lowest BCUT2D eigenvalue weighted by Gasteiger charge is -2.31. The zero-order valence-electron chi connectivity index (χ0n) is 16.5. The highest BCUT2D eigenvalue weighted by molar-refractivity contribution is 7.14. The van der Waals surface area contributed by atoms with Crippen molar-refractivity contribution in [3.8, 4) is 10.6 Å². The van der Waals surface area contributed by atoms with Crippen LogP contribution in [0.3, 0.4) is 0 Å². The van der Waals surface area contributed by atoms with Gasteiger partial charge in [-0.3, -0.25) is 9.59 Å². The van der Waals surface area contributed by atoms with Crippen LogP contribution in [-0.2, 0) is 0 Å². The van der Waals surface area contributed by atoms with E-state index < -0.39 is 0 Å². The monoisotopic (exact) mass is 435 g/mol. The van der Waals surface area contributed by atoms with Gasteiger partial charge in [0.1, 0.15) is 16.4 Å². The normalized spacial score (nSPS) is 16.5. The van der Waals surface area contributed by atoms with Gasteiger partial charge in [-0.2, -0.15) is 0 Å². The minimum Gasteiger partial charge on any atom is -0.451 e. The number of fused-ring (bicyclic) bond motifs is 1. The second-order valence-corrected chi connectivity index (χ2v) is 8.50. The maximum absolute atomic E-state index is 14.1. The number of hydrogen-bond donors (Lipinski definition) is 0. The van der Waals surface area contributed by atoms with E-state index in [9.17, 15) is 14.0 Å². The van der Waals surface area contributed by atoms with Crippen molar-refractivity contribution in [2.45, 2.75) is 18.8 Å². The molecule has 0 saturated carbocycles. The molecule has 1 amide bonds. The van der Waals surface area contributed by atoms with Crippen LogP contribution in [0.1, 0.15) is 34.3 Å². The summed E-state index contributed by atoms with van der Waals surface area (Å²) in [6.07, 6.45) is 1.65. The SMILES string of the molecule is O=C(c1cc(=O)c2ccccc2o1)N1CCC[C@H](c2nnc(-c3ccccc3F)s2)C1. The van der Waals surface area contributed by atoms with Crippen LogP contribution in [0.2, 0.25) is 0 Å². The van der Waals surface area contributed by atoms with E-state index in [2.05, 4.69) is 10.2 Å². The Hall–Kier alpha value is -3.39. The standard InChI is InChI=1S/C23H18FN3O3S/c24-17-9-3-1-7-15(17)22-26-25-21(31-22)14-6-5-11-27(13-14)23(29)20-12-18(28)16-8-2-4-10-19(16)30-20/h1-4,7-10,12,14H,5-6,11,13H2/t14-/m0/s1. The molecule has 31 heavy (non-hydrogen) atoms. The molecule has 1 atom stereocenters. The number of carbonyl (C=O) groups excluding carboxylic acids is 1. The van der Waals surface area contributed by atoms with Gasteiger partial charge in [0, 0.05) is 30.6 Å². The van der Waals surface area contributed by atoms with Crippen LogP contribution >= 0.6 is 11.3 Å². The Labute approximate surface area is 181 Å². The van der Waals surface area contributed by atoms with Gasteiger partial charge in [-0.25, -0.2) is 4.39 Å². The molecule has 1 fully saturated rings. The summed E-state index contributed by atoms with van der Waals surface area (Å²) in [5.74, 6) is -0.611. The van der Waals surface area contributed by atoms with Gasteiger partial charge in [-0.15, -0.1) is 10.2 Å². The maximum atomic E-state index is 14.1. The average molecular weight is 435 g/mol. The lowest BCUT2D eigenvalue weighted by atomic mass is 9.98. The Morgan fingerprint density at radius 1 is 1.13 bits per heavy atom. The highest BCUT2D eigenvalue weighted by Crippen LogP contribution is 2.34. The van der Waals surface area contributed by atoms with Gasteiger partial charge in [-0.05, 0) is 37.1 Å². The van der Waals surface area contributed by atoms with Gasteiger partial charge in [0.25, 0.3) is 5.91 Å². The molecule has 0 N–H and O–H groups in total. The maximum Gasteiger partial charge on any atom is 0.289 e. The smallest absolute Gasteiger partial charge is 0.289 e. The number of amides is 1. The summed E-state index contributed by atoms with van der Waals surface area (Å²) in [5, 5.41) is 10.2. The van der Waals surface area contributed by atoms with E-state index in [0.717, 1.165) is 17.8 Å². The fraction of sp³-hybridized carbons (Fsp3) is 0.217. The van der Waals surface area contributed by atoms with Gasteiger partial charge in [0.05, 0.1) is 5.39 Å². The topological polar surface area (TPSA) is 76.3 Å². The highest BCUT2D eigenvalue weighted by Gasteiger charge is 2.29. The number of nitrogens with zero attached hydrogens (tertiary/aromatic N) is 3. The number of hydrogen-bond acceptors (Lipinski definition) is 6. The predicted octanol–water partition coefficient (Wildman–Crippen LogP) is 4.47. The van der Waals surface area contributed by atoms with Crippen LogP contribution in [-0.4, -0.2) is 34.1 Å². The quantitative estimate of drug-likeness (QED) is 0.475. The van der Waals surface area contributed by atoms with E-state index >= 15 is 0 Å². The molecular formula is C23H18FN3O3S. The lowest BCUT2D eigenvalue weighted by Crippen LogP contribution is -2.39. The second kappa shape index (κ2) is 8.03. The largest absolute Gasteiger partial charge is 0.451 e. The van der Waals surface area contributed by atoms with Crippen LogP contribution in [0.15, 0.2) is 63.8 Å². The third kappa shape index (κ3) is 3.74. The van der Waals surface area contributed by atoms with E-state index in [1.807, 2.05) is 0 Å². The molecule has 0 radical (unpaired) electrons. The van der Waals surface area contributed by atoms with E-state index in [1.54, 1.807) is 47.4 Å². The van der Waals surface area contributed by atoms with Crippen molar-refractivity contribution in [1.29, 1.82) is 0 Å². The number of aromatic nitrogens is 2. The molecule has 2 aromatic carbocycles. The first-order valence-corrected chi connectivity index (χ1v) is 10.8. The van der Waals surface area contributed by atoms with Crippen LogP contribution in [0, 0.1) is 5.82 Å². The molecule has 1 saturated heterocycles. The number of likely N-dealkylation sites (tertiary alicyclic amines) is 1. The zero-order valence-corrected chi connectivity index (χ0v) is 17.3. The number of rotatable bonds is 3. The predicted molar refractivity (Wildman–Crippen MR) is 116 cm³/mol. The van der Waals surface area contributed by atoms with Gasteiger partial charge in [-0.1, -0.05) is 35.6 Å². The summed E-state index contributed by atoms with van der Waals surface area (Å²) >= 11 is 1.35. The summed E-state index contributed by atoms with van der Waals surface area (Å²) in [6.45, 7) is 1.02. The van der Waals surface area contributed by atoms with E-state index in [0.29, 0.717) is 34.6 Å². The number of halogens is 1. The highest BCUT2D eigenvalue weighted by atomic mass is 32.1. The summed E-state index contributed by atoms with van der Waals surface area (Å²) < 4.78 is 19.8. The fourth-order valence-corrected chi connectivity index (χ4v) is 4.87. The molecule has 4 aromatic rings. The van der Waals surface area contributed by atoms with Crippen molar-refractivity contribution < 1.29 is 13.6 Å². The Bertz CT molecular complexity index is 1330. The van der Waals surface area contributed by atoms with Crippen molar-refractivity contribution in [1.82, 2.24) is 15.1 Å². The summed E-state index contributed by atoms with van der Waals surface area (Å²) in [5.41, 5.74) is 0.580. The molecule has 8 heteroatoms. The third-order valence-electron chi connectivity index (χ3n) is 5.45. The third-order valence-corrected chi connectivity index (χ3v) is 6.57. The van der Waals surface area contributed by atoms with E-state index in [-0.39, 0.29) is 28.8 Å². The second-order valence-electron chi connectivity index (χ2n) is 7.49. The van der Waals surface area contributed by atoms with Crippen LogP contribution < -0.4 is 5.43 Å². The molecular weight excluding hydrogens is 417 g/mol. The molecule has 0 bridgehead atoms. The molecule has 3 heterocycles. The van der Waals surface area contributed by atoms with Gasteiger partial charge in [0.15, 0.2) is 16.2 Å². The van der Waals surface area contributed by atoms with Crippen LogP contribution in [0.4, 0.5) is 4.39 Å². The van der Waals surface area contributed by atoms with Crippen molar-refractivity contribution in [2.75, 3.05) is 13.1 Å². The lowest BCUT2D eigenvalue weighted by molar-refractivity contribution is 0.0675. The fourth-order valence-electron chi connectivity index (χ4n) is 3.87. The van der Waals surface area contributed by atoms with Crippen molar-refractivity contribution in [2.24, 2.45) is 0 Å². The summed E-state index contributed by atoms with van der Waals surface area (Å²) in [6, 6.07) is 14.6. The minimum absolute atomic E-state index is 0.00269. The van der Waals surface area contributed by atoms with Gasteiger partial charge in [0.2, 0.25) is 0 Å². The molecule has 1 aliphatic heterocycles.